The van der Waals surface area contributed by atoms with Crippen molar-refractivity contribution in [2.45, 2.75) is 12.8 Å². The fraction of sp³-hybridized carbons (Fsp3) is 0.214. The first-order valence-corrected chi connectivity index (χ1v) is 5.46. The van der Waals surface area contributed by atoms with Gasteiger partial charge in [-0.05, 0) is 24.1 Å². The zero-order valence-electron chi connectivity index (χ0n) is 9.39. The maximum absolute atomic E-state index is 11.9. The van der Waals surface area contributed by atoms with Gasteiger partial charge in [-0.1, -0.05) is 30.3 Å². The Morgan fingerprint density at radius 1 is 1.12 bits per heavy atom. The van der Waals surface area contributed by atoms with Crippen LogP contribution in [0.15, 0.2) is 48.7 Å². The van der Waals surface area contributed by atoms with Crippen LogP contribution >= 0.6 is 0 Å². The molecule has 0 unspecified atom stereocenters. The molecule has 0 radical (unpaired) electrons. The Morgan fingerprint density at radius 2 is 1.88 bits per heavy atom. The number of nitrogens with zero attached hydrogens (tertiary/aromatic N) is 1. The van der Waals surface area contributed by atoms with Crippen molar-refractivity contribution in [1.82, 2.24) is 4.57 Å². The average molecular weight is 213 g/mol. The van der Waals surface area contributed by atoms with E-state index in [1.54, 1.807) is 0 Å². The lowest BCUT2D eigenvalue weighted by atomic mass is 10.1. The molecule has 0 fully saturated rings. The predicted molar refractivity (Wildman–Crippen MR) is 64.5 cm³/mol. The first kappa shape index (κ1) is 10.7. The summed E-state index contributed by atoms with van der Waals surface area (Å²) in [5.41, 5.74) is 2.00. The van der Waals surface area contributed by atoms with Crippen molar-refractivity contribution >= 4 is 5.78 Å². The van der Waals surface area contributed by atoms with E-state index in [0.29, 0.717) is 6.42 Å². The number of benzene rings is 1. The molecule has 0 aliphatic heterocycles. The summed E-state index contributed by atoms with van der Waals surface area (Å²) in [6, 6.07) is 13.9. The Hall–Kier alpha value is -1.83. The van der Waals surface area contributed by atoms with Gasteiger partial charge in [0.2, 0.25) is 0 Å². The maximum atomic E-state index is 11.9. The maximum Gasteiger partial charge on any atom is 0.179 e. The highest BCUT2D eigenvalue weighted by Gasteiger charge is 2.08. The molecule has 2 aromatic rings. The van der Waals surface area contributed by atoms with Gasteiger partial charge >= 0.3 is 0 Å². The average Bonchev–Trinajstić information content (AvgIpc) is 2.74. The van der Waals surface area contributed by atoms with Crippen LogP contribution in [0, 0.1) is 0 Å². The third-order valence-electron chi connectivity index (χ3n) is 2.71. The Bertz CT molecular complexity index is 470. The monoisotopic (exact) mass is 213 g/mol. The molecule has 0 aliphatic carbocycles. The molecule has 0 atom stereocenters. The summed E-state index contributed by atoms with van der Waals surface area (Å²) in [6.45, 7) is 0. The van der Waals surface area contributed by atoms with Crippen molar-refractivity contribution in [3.05, 3.63) is 59.9 Å². The lowest BCUT2D eigenvalue weighted by Gasteiger charge is -2.02. The zero-order chi connectivity index (χ0) is 11.4. The first-order chi connectivity index (χ1) is 7.77. The van der Waals surface area contributed by atoms with E-state index in [-0.39, 0.29) is 5.78 Å². The molecule has 1 heterocycles. The van der Waals surface area contributed by atoms with Gasteiger partial charge in [0, 0.05) is 19.7 Å². The van der Waals surface area contributed by atoms with Crippen molar-refractivity contribution in [3.8, 4) is 0 Å². The Labute approximate surface area is 95.5 Å². The fourth-order valence-corrected chi connectivity index (χ4v) is 1.78. The van der Waals surface area contributed by atoms with Crippen LogP contribution in [0.2, 0.25) is 0 Å². The van der Waals surface area contributed by atoms with Gasteiger partial charge in [0.15, 0.2) is 5.78 Å². The van der Waals surface area contributed by atoms with Gasteiger partial charge in [0.05, 0.1) is 5.69 Å². The number of rotatable bonds is 4. The van der Waals surface area contributed by atoms with Crippen molar-refractivity contribution in [3.63, 3.8) is 0 Å². The lowest BCUT2D eigenvalue weighted by molar-refractivity contribution is 0.0975. The highest BCUT2D eigenvalue weighted by molar-refractivity contribution is 5.94. The van der Waals surface area contributed by atoms with Crippen molar-refractivity contribution in [1.29, 1.82) is 0 Å². The number of carbonyl (C=O) groups excluding carboxylic acids is 1. The second-order valence-corrected chi connectivity index (χ2v) is 3.91. The standard InChI is InChI=1S/C14H15NO/c1-15-11-5-8-13(15)14(16)10-9-12-6-3-2-4-7-12/h2-8,11H,9-10H2,1H3. The molecule has 2 heteroatoms. The van der Waals surface area contributed by atoms with Gasteiger partial charge in [-0.3, -0.25) is 4.79 Å². The minimum atomic E-state index is 0.205. The summed E-state index contributed by atoms with van der Waals surface area (Å²) >= 11 is 0. The van der Waals surface area contributed by atoms with Crippen molar-refractivity contribution in [2.75, 3.05) is 0 Å². The molecule has 0 N–H and O–H groups in total. The number of Topliss-reactive ketones (excluding diaryl/α,β-unsaturated/α-hetero) is 1. The summed E-state index contributed by atoms with van der Waals surface area (Å²) in [5.74, 6) is 0.205. The molecule has 2 nitrogen and oxygen atoms in total. The highest BCUT2D eigenvalue weighted by atomic mass is 16.1. The largest absolute Gasteiger partial charge is 0.348 e. The molecule has 0 bridgehead atoms. The van der Waals surface area contributed by atoms with Crippen LogP contribution in [-0.4, -0.2) is 10.4 Å². The molecule has 0 saturated carbocycles. The van der Waals surface area contributed by atoms with Crippen LogP contribution in [0.1, 0.15) is 22.5 Å². The summed E-state index contributed by atoms with van der Waals surface area (Å²) in [4.78, 5) is 11.9. The molecule has 16 heavy (non-hydrogen) atoms. The molecule has 2 rings (SSSR count). The zero-order valence-corrected chi connectivity index (χ0v) is 9.39. The topological polar surface area (TPSA) is 22.0 Å². The molecule has 82 valence electrons. The van der Waals surface area contributed by atoms with Crippen LogP contribution in [0.5, 0.6) is 0 Å². The number of aryl methyl sites for hydroxylation is 2. The number of hydrogen-bond acceptors (Lipinski definition) is 1. The molecule has 0 amide bonds. The summed E-state index contributed by atoms with van der Waals surface area (Å²) in [5, 5.41) is 0. The fourth-order valence-electron chi connectivity index (χ4n) is 1.78. The van der Waals surface area contributed by atoms with E-state index in [0.717, 1.165) is 12.1 Å². The quantitative estimate of drug-likeness (QED) is 0.716. The van der Waals surface area contributed by atoms with Gasteiger partial charge in [0.1, 0.15) is 0 Å². The first-order valence-electron chi connectivity index (χ1n) is 5.46. The normalized spacial score (nSPS) is 10.3. The summed E-state index contributed by atoms with van der Waals surface area (Å²) in [6.07, 6.45) is 3.28. The third kappa shape index (κ3) is 2.40. The van der Waals surface area contributed by atoms with Crippen LogP contribution < -0.4 is 0 Å². The van der Waals surface area contributed by atoms with E-state index in [9.17, 15) is 4.79 Å². The summed E-state index contributed by atoms with van der Waals surface area (Å²) < 4.78 is 1.87. The van der Waals surface area contributed by atoms with Crippen LogP contribution in [0.3, 0.4) is 0 Å². The third-order valence-corrected chi connectivity index (χ3v) is 2.71. The number of ketones is 1. The van der Waals surface area contributed by atoms with E-state index in [2.05, 4.69) is 12.1 Å². The van der Waals surface area contributed by atoms with E-state index < -0.39 is 0 Å². The Kier molecular flexibility index (Phi) is 3.20. The lowest BCUT2D eigenvalue weighted by Crippen LogP contribution is -2.06. The van der Waals surface area contributed by atoms with Gasteiger partial charge in [0.25, 0.3) is 0 Å². The van der Waals surface area contributed by atoms with Crippen LogP contribution in [-0.2, 0) is 13.5 Å². The highest BCUT2D eigenvalue weighted by Crippen LogP contribution is 2.08. The second-order valence-electron chi connectivity index (χ2n) is 3.91. The smallest absolute Gasteiger partial charge is 0.179 e. The number of aromatic nitrogens is 1. The minimum Gasteiger partial charge on any atom is -0.348 e. The van der Waals surface area contributed by atoms with Gasteiger partial charge < -0.3 is 4.57 Å². The minimum absolute atomic E-state index is 0.205. The van der Waals surface area contributed by atoms with E-state index >= 15 is 0 Å². The predicted octanol–water partition coefficient (Wildman–Crippen LogP) is 2.84. The van der Waals surface area contributed by atoms with Gasteiger partial charge in [-0.15, -0.1) is 0 Å². The Morgan fingerprint density at radius 3 is 2.50 bits per heavy atom. The van der Waals surface area contributed by atoms with E-state index in [1.807, 2.05) is 48.1 Å². The van der Waals surface area contributed by atoms with Gasteiger partial charge in [-0.2, -0.15) is 0 Å². The van der Waals surface area contributed by atoms with E-state index in [4.69, 9.17) is 0 Å². The van der Waals surface area contributed by atoms with Gasteiger partial charge in [-0.25, -0.2) is 0 Å². The molecule has 1 aromatic carbocycles. The molecular formula is C14H15NO. The van der Waals surface area contributed by atoms with E-state index in [1.165, 1.54) is 5.56 Å². The van der Waals surface area contributed by atoms with Crippen molar-refractivity contribution < 1.29 is 4.79 Å². The van der Waals surface area contributed by atoms with Crippen LogP contribution in [0.25, 0.3) is 0 Å². The SMILES string of the molecule is Cn1cccc1C(=O)CCc1ccccc1. The molecular weight excluding hydrogens is 198 g/mol. The number of hydrogen-bond donors (Lipinski definition) is 0. The van der Waals surface area contributed by atoms with Crippen molar-refractivity contribution in [2.24, 2.45) is 7.05 Å². The molecule has 1 aromatic heterocycles. The second kappa shape index (κ2) is 4.79. The molecule has 0 aliphatic rings. The molecule has 0 spiro atoms. The summed E-state index contributed by atoms with van der Waals surface area (Å²) in [7, 11) is 1.90. The number of carbonyl (C=O) groups is 1. The molecule has 0 saturated heterocycles. The Balaban J connectivity index is 1.97. The van der Waals surface area contributed by atoms with Crippen LogP contribution in [0.4, 0.5) is 0 Å².